The highest BCUT2D eigenvalue weighted by Gasteiger charge is 2.71. The number of ketones is 2. The fourth-order valence-electron chi connectivity index (χ4n) is 8.11. The number of benzene rings is 1. The molecular formula is C31H35ClO8. The molecule has 40 heavy (non-hydrogen) atoms. The number of fused-ring (bicyclic) bond motifs is 5. The molecule has 1 aromatic rings. The molecule has 4 aliphatic carbocycles. The molecule has 1 N–H and O–H groups in total. The highest BCUT2D eigenvalue weighted by Crippen LogP contribution is 2.68. The van der Waals surface area contributed by atoms with Crippen molar-refractivity contribution in [2.45, 2.75) is 64.6 Å². The van der Waals surface area contributed by atoms with Crippen LogP contribution in [-0.2, 0) is 23.8 Å². The molecule has 3 fully saturated rings. The number of esters is 1. The predicted molar refractivity (Wildman–Crippen MR) is 146 cm³/mol. The summed E-state index contributed by atoms with van der Waals surface area (Å²) in [6.45, 7) is 5.11. The topological polar surface area (TPSA) is 116 Å². The van der Waals surface area contributed by atoms with Crippen LogP contribution in [0.3, 0.4) is 0 Å². The summed E-state index contributed by atoms with van der Waals surface area (Å²) in [7, 11) is 0. The average molecular weight is 571 g/mol. The average Bonchev–Trinajstić information content (AvgIpc) is 3.19. The summed E-state index contributed by atoms with van der Waals surface area (Å²) in [6.07, 6.45) is 5.75. The van der Waals surface area contributed by atoms with E-state index in [1.165, 1.54) is 0 Å². The molecule has 9 heteroatoms. The summed E-state index contributed by atoms with van der Waals surface area (Å²) in [5.41, 5.74) is -1.81. The molecule has 0 radical (unpaired) electrons. The molecule has 0 heterocycles. The SMILES string of the molecule is CCOC(=O)O[C@]1(C(=O)OCC(=O)c2ccc(Cl)cc2)CC[C@H]2[C@@H]3CCC4=CC(=O)C=C[C@]4(C)[C@H]3[C@@H](O)C[C@@]21C. The molecule has 0 amide bonds. The van der Waals surface area contributed by atoms with Gasteiger partial charge in [-0.3, -0.25) is 9.59 Å². The maximum atomic E-state index is 13.9. The lowest BCUT2D eigenvalue weighted by atomic mass is 9.46. The van der Waals surface area contributed by atoms with Crippen LogP contribution < -0.4 is 0 Å². The van der Waals surface area contributed by atoms with Crippen molar-refractivity contribution < 1.29 is 38.5 Å². The van der Waals surface area contributed by atoms with Gasteiger partial charge in [-0.05, 0) is 87.3 Å². The maximum Gasteiger partial charge on any atom is 0.509 e. The van der Waals surface area contributed by atoms with E-state index in [1.54, 1.807) is 43.3 Å². The quantitative estimate of drug-likeness (QED) is 0.364. The van der Waals surface area contributed by atoms with E-state index >= 15 is 0 Å². The Kier molecular flexibility index (Phi) is 7.46. The Hall–Kier alpha value is -2.97. The molecule has 0 bridgehead atoms. The van der Waals surface area contributed by atoms with Crippen molar-refractivity contribution in [3.8, 4) is 0 Å². The number of ether oxygens (including phenoxy) is 3. The van der Waals surface area contributed by atoms with Gasteiger partial charge in [0.05, 0.1) is 12.7 Å². The first kappa shape index (κ1) is 28.6. The number of halogens is 1. The first-order valence-corrected chi connectivity index (χ1v) is 14.3. The lowest BCUT2D eigenvalue weighted by molar-refractivity contribution is -0.200. The number of aliphatic hydroxyl groups is 1. The van der Waals surface area contributed by atoms with Crippen LogP contribution in [0.2, 0.25) is 5.02 Å². The summed E-state index contributed by atoms with van der Waals surface area (Å²) < 4.78 is 16.5. The predicted octanol–water partition coefficient (Wildman–Crippen LogP) is 5.26. The van der Waals surface area contributed by atoms with E-state index in [0.717, 1.165) is 12.0 Å². The largest absolute Gasteiger partial charge is 0.509 e. The summed E-state index contributed by atoms with van der Waals surface area (Å²) in [5, 5.41) is 12.2. The molecule has 214 valence electrons. The van der Waals surface area contributed by atoms with Gasteiger partial charge >= 0.3 is 12.1 Å². The Balaban J connectivity index is 1.45. The van der Waals surface area contributed by atoms with Crippen LogP contribution in [0.15, 0.2) is 48.1 Å². The molecular weight excluding hydrogens is 536 g/mol. The standard InChI is InChI=1S/C31H35ClO8/c1-4-38-28(37)40-31(27(36)39-17-25(35)18-5-8-20(32)9-6-18)14-12-23-22-10-7-19-15-21(33)11-13-29(19,2)26(22)24(34)16-30(23,31)3/h5-6,8-9,11,13,15,22-24,26,34H,4,7,10,12,14,16-17H2,1-3H3/t22-,23-,24-,26+,29-,30-,31-/m0/s1. The molecule has 0 spiro atoms. The van der Waals surface area contributed by atoms with E-state index in [2.05, 4.69) is 6.92 Å². The first-order valence-electron chi connectivity index (χ1n) is 13.9. The zero-order valence-electron chi connectivity index (χ0n) is 23.0. The minimum atomic E-state index is -1.73. The third-order valence-electron chi connectivity index (χ3n) is 9.97. The summed E-state index contributed by atoms with van der Waals surface area (Å²) in [6, 6.07) is 6.25. The van der Waals surface area contributed by atoms with Crippen LogP contribution in [0.5, 0.6) is 0 Å². The Morgan fingerprint density at radius 1 is 1.10 bits per heavy atom. The maximum absolute atomic E-state index is 13.9. The normalized spacial score (nSPS) is 36.0. The second-order valence-corrected chi connectivity index (χ2v) is 12.3. The first-order chi connectivity index (χ1) is 18.9. The van der Waals surface area contributed by atoms with Gasteiger partial charge in [-0.2, -0.15) is 0 Å². The van der Waals surface area contributed by atoms with Gasteiger partial charge in [-0.15, -0.1) is 0 Å². The van der Waals surface area contributed by atoms with Crippen LogP contribution in [0.25, 0.3) is 0 Å². The zero-order valence-corrected chi connectivity index (χ0v) is 23.7. The van der Waals surface area contributed by atoms with Gasteiger partial charge < -0.3 is 19.3 Å². The van der Waals surface area contributed by atoms with E-state index in [4.69, 9.17) is 25.8 Å². The van der Waals surface area contributed by atoms with E-state index in [-0.39, 0.29) is 43.0 Å². The number of carbonyl (C=O) groups is 4. The van der Waals surface area contributed by atoms with Crippen molar-refractivity contribution in [3.63, 3.8) is 0 Å². The van der Waals surface area contributed by atoms with Gasteiger partial charge in [-0.1, -0.05) is 37.1 Å². The summed E-state index contributed by atoms with van der Waals surface area (Å²) in [4.78, 5) is 51.5. The summed E-state index contributed by atoms with van der Waals surface area (Å²) >= 11 is 5.92. The number of rotatable bonds is 6. The minimum absolute atomic E-state index is 0.0184. The highest BCUT2D eigenvalue weighted by molar-refractivity contribution is 6.30. The molecule has 5 rings (SSSR count). The number of hydrogen-bond donors (Lipinski definition) is 1. The fourth-order valence-corrected chi connectivity index (χ4v) is 8.24. The van der Waals surface area contributed by atoms with Crippen LogP contribution in [0, 0.1) is 28.6 Å². The Morgan fingerprint density at radius 2 is 1.82 bits per heavy atom. The third-order valence-corrected chi connectivity index (χ3v) is 10.2. The smallest absolute Gasteiger partial charge is 0.454 e. The molecule has 0 saturated heterocycles. The van der Waals surface area contributed by atoms with Crippen molar-refractivity contribution >= 4 is 35.3 Å². The van der Waals surface area contributed by atoms with Gasteiger partial charge in [0.15, 0.2) is 18.2 Å². The van der Waals surface area contributed by atoms with Gasteiger partial charge in [0.25, 0.3) is 0 Å². The van der Waals surface area contributed by atoms with Crippen molar-refractivity contribution in [1.82, 2.24) is 0 Å². The van der Waals surface area contributed by atoms with Gasteiger partial charge in [0.1, 0.15) is 0 Å². The van der Waals surface area contributed by atoms with Crippen molar-refractivity contribution in [1.29, 1.82) is 0 Å². The number of allylic oxidation sites excluding steroid dienone is 4. The summed E-state index contributed by atoms with van der Waals surface area (Å²) in [5.74, 6) is -1.48. The van der Waals surface area contributed by atoms with Crippen molar-refractivity contribution in [2.75, 3.05) is 13.2 Å². The third kappa shape index (κ3) is 4.49. The zero-order chi connectivity index (χ0) is 28.9. The van der Waals surface area contributed by atoms with Crippen LogP contribution in [0.4, 0.5) is 4.79 Å². The molecule has 0 aromatic heterocycles. The number of carbonyl (C=O) groups excluding carboxylic acids is 4. The van der Waals surface area contributed by atoms with Gasteiger partial charge in [-0.25, -0.2) is 9.59 Å². The lowest BCUT2D eigenvalue weighted by Crippen LogP contribution is -2.63. The minimum Gasteiger partial charge on any atom is -0.454 e. The highest BCUT2D eigenvalue weighted by atomic mass is 35.5. The molecule has 7 atom stereocenters. The fraction of sp³-hybridized carbons (Fsp3) is 0.548. The molecule has 0 aliphatic heterocycles. The van der Waals surface area contributed by atoms with Crippen molar-refractivity contribution in [3.05, 3.63) is 58.7 Å². The number of Topliss-reactive ketones (excluding diaryl/α,β-unsaturated/α-hetero) is 1. The molecule has 1 aromatic carbocycles. The van der Waals surface area contributed by atoms with Crippen molar-refractivity contribution in [2.24, 2.45) is 28.6 Å². The van der Waals surface area contributed by atoms with E-state index < -0.39 is 47.0 Å². The van der Waals surface area contributed by atoms with Crippen LogP contribution >= 0.6 is 11.6 Å². The van der Waals surface area contributed by atoms with Gasteiger partial charge in [0.2, 0.25) is 5.60 Å². The molecule has 4 aliphatic rings. The molecule has 3 saturated carbocycles. The monoisotopic (exact) mass is 570 g/mol. The Bertz CT molecular complexity index is 1280. The van der Waals surface area contributed by atoms with Gasteiger partial charge in [0, 0.05) is 27.3 Å². The molecule has 8 nitrogen and oxygen atoms in total. The Morgan fingerprint density at radius 3 is 2.52 bits per heavy atom. The second kappa shape index (κ2) is 10.5. The molecule has 0 unspecified atom stereocenters. The second-order valence-electron chi connectivity index (χ2n) is 11.9. The van der Waals surface area contributed by atoms with E-state index in [1.807, 2.05) is 13.0 Å². The van der Waals surface area contributed by atoms with Crippen LogP contribution in [0.1, 0.15) is 63.2 Å². The lowest BCUT2D eigenvalue weighted by Gasteiger charge is -2.59. The van der Waals surface area contributed by atoms with E-state index in [9.17, 15) is 24.3 Å². The number of hydrogen-bond acceptors (Lipinski definition) is 8. The van der Waals surface area contributed by atoms with E-state index in [0.29, 0.717) is 23.4 Å². The van der Waals surface area contributed by atoms with Crippen LogP contribution in [-0.4, -0.2) is 53.7 Å². The number of aliphatic hydroxyl groups excluding tert-OH is 1. The Labute approximate surface area is 238 Å².